The van der Waals surface area contributed by atoms with Crippen LogP contribution < -0.4 is 10.6 Å². The summed E-state index contributed by atoms with van der Waals surface area (Å²) in [5.41, 5.74) is 1.50. The standard InChI is InChI=1S/C20H18ClFN2O3S/c1-2-27-19(25)17-16(11-28-15-9-7-14(22)8-10-15)23-20(26)24-18(17)12-3-5-13(21)6-4-12/h3-10,18H,2,11H2,1H3,(H2,23,24,26)/t18-/m1/s1. The van der Waals surface area contributed by atoms with Crippen molar-refractivity contribution < 1.29 is 18.7 Å². The Balaban J connectivity index is 1.94. The van der Waals surface area contributed by atoms with E-state index in [-0.39, 0.29) is 12.4 Å². The van der Waals surface area contributed by atoms with Gasteiger partial charge in [0.25, 0.3) is 0 Å². The zero-order chi connectivity index (χ0) is 20.1. The fraction of sp³-hybridized carbons (Fsp3) is 0.200. The maximum absolute atomic E-state index is 13.1. The molecule has 28 heavy (non-hydrogen) atoms. The van der Waals surface area contributed by atoms with Crippen LogP contribution in [0.3, 0.4) is 0 Å². The molecule has 1 heterocycles. The number of hydrogen-bond acceptors (Lipinski definition) is 4. The Hall–Kier alpha value is -2.51. The van der Waals surface area contributed by atoms with Gasteiger partial charge in [-0.1, -0.05) is 23.7 Å². The molecule has 0 unspecified atom stereocenters. The Morgan fingerprint density at radius 3 is 2.50 bits per heavy atom. The van der Waals surface area contributed by atoms with Gasteiger partial charge in [-0.2, -0.15) is 0 Å². The second kappa shape index (κ2) is 9.12. The van der Waals surface area contributed by atoms with Gasteiger partial charge in [-0.3, -0.25) is 0 Å². The number of urea groups is 1. The second-order valence-corrected chi connectivity index (χ2v) is 7.42. The summed E-state index contributed by atoms with van der Waals surface area (Å²) in [6, 6.07) is 11.8. The summed E-state index contributed by atoms with van der Waals surface area (Å²) >= 11 is 7.33. The lowest BCUT2D eigenvalue weighted by atomic mass is 9.95. The first-order valence-corrected chi connectivity index (χ1v) is 9.95. The van der Waals surface area contributed by atoms with Crippen molar-refractivity contribution in [1.29, 1.82) is 0 Å². The molecule has 5 nitrogen and oxygen atoms in total. The minimum absolute atomic E-state index is 0.210. The average Bonchev–Trinajstić information content (AvgIpc) is 2.68. The van der Waals surface area contributed by atoms with E-state index in [0.717, 1.165) is 4.90 Å². The molecule has 2 aromatic carbocycles. The largest absolute Gasteiger partial charge is 0.463 e. The van der Waals surface area contributed by atoms with Gasteiger partial charge in [0.15, 0.2) is 0 Å². The van der Waals surface area contributed by atoms with Crippen LogP contribution in [0.2, 0.25) is 5.02 Å². The summed E-state index contributed by atoms with van der Waals surface area (Å²) < 4.78 is 18.3. The van der Waals surface area contributed by atoms with Gasteiger partial charge in [-0.05, 0) is 48.9 Å². The quantitative estimate of drug-likeness (QED) is 0.535. The second-order valence-electron chi connectivity index (χ2n) is 5.94. The third kappa shape index (κ3) is 4.85. The van der Waals surface area contributed by atoms with Gasteiger partial charge >= 0.3 is 12.0 Å². The Morgan fingerprint density at radius 2 is 1.86 bits per heavy atom. The summed E-state index contributed by atoms with van der Waals surface area (Å²) in [4.78, 5) is 25.7. The third-order valence-electron chi connectivity index (χ3n) is 4.05. The zero-order valence-corrected chi connectivity index (χ0v) is 16.6. The van der Waals surface area contributed by atoms with Gasteiger partial charge in [0.05, 0.1) is 18.2 Å². The molecular weight excluding hydrogens is 403 g/mol. The summed E-state index contributed by atoms with van der Waals surface area (Å²) in [6.45, 7) is 1.93. The highest BCUT2D eigenvalue weighted by Crippen LogP contribution is 2.31. The Kier molecular flexibility index (Phi) is 6.59. The van der Waals surface area contributed by atoms with Crippen LogP contribution in [0, 0.1) is 5.82 Å². The predicted molar refractivity (Wildman–Crippen MR) is 107 cm³/mol. The topological polar surface area (TPSA) is 67.4 Å². The van der Waals surface area contributed by atoms with Gasteiger partial charge in [-0.25, -0.2) is 14.0 Å². The van der Waals surface area contributed by atoms with Crippen molar-refractivity contribution in [2.24, 2.45) is 0 Å². The number of halogens is 2. The van der Waals surface area contributed by atoms with E-state index in [9.17, 15) is 14.0 Å². The highest BCUT2D eigenvalue weighted by molar-refractivity contribution is 7.99. The molecule has 2 aromatic rings. The Labute approximate surface area is 171 Å². The van der Waals surface area contributed by atoms with Crippen LogP contribution in [0.5, 0.6) is 0 Å². The van der Waals surface area contributed by atoms with E-state index in [2.05, 4.69) is 10.6 Å². The maximum Gasteiger partial charge on any atom is 0.338 e. The van der Waals surface area contributed by atoms with Crippen LogP contribution >= 0.6 is 23.4 Å². The normalized spacial score (nSPS) is 16.4. The molecule has 2 amide bonds. The number of amides is 2. The van der Waals surface area contributed by atoms with Crippen molar-refractivity contribution in [3.8, 4) is 0 Å². The lowest BCUT2D eigenvalue weighted by Crippen LogP contribution is -2.46. The van der Waals surface area contributed by atoms with Crippen molar-refractivity contribution in [1.82, 2.24) is 10.6 Å². The van der Waals surface area contributed by atoms with Crippen molar-refractivity contribution in [3.63, 3.8) is 0 Å². The number of nitrogens with one attached hydrogen (secondary N) is 2. The summed E-state index contributed by atoms with van der Waals surface area (Å²) in [7, 11) is 0. The first-order valence-electron chi connectivity index (χ1n) is 8.59. The van der Waals surface area contributed by atoms with Gasteiger partial charge in [0, 0.05) is 21.4 Å². The van der Waals surface area contributed by atoms with E-state index < -0.39 is 18.0 Å². The first-order chi connectivity index (χ1) is 13.5. The number of hydrogen-bond donors (Lipinski definition) is 2. The molecule has 2 N–H and O–H groups in total. The molecule has 8 heteroatoms. The molecular formula is C20H18ClFN2O3S. The molecule has 0 radical (unpaired) electrons. The SMILES string of the molecule is CCOC(=O)C1=C(CSc2ccc(F)cc2)NC(=O)N[C@@H]1c1ccc(Cl)cc1. The highest BCUT2D eigenvalue weighted by Gasteiger charge is 2.33. The molecule has 146 valence electrons. The van der Waals surface area contributed by atoms with Gasteiger partial charge in [0.1, 0.15) is 5.82 Å². The smallest absolute Gasteiger partial charge is 0.338 e. The molecule has 0 fully saturated rings. The van der Waals surface area contributed by atoms with Crippen LogP contribution in [-0.4, -0.2) is 24.4 Å². The minimum Gasteiger partial charge on any atom is -0.463 e. The summed E-state index contributed by atoms with van der Waals surface area (Å²) in [5, 5.41) is 6.03. The van der Waals surface area contributed by atoms with Crippen LogP contribution in [0.15, 0.2) is 64.7 Å². The summed E-state index contributed by atoms with van der Waals surface area (Å²) in [5.74, 6) is -0.518. The van der Waals surface area contributed by atoms with E-state index in [1.807, 2.05) is 0 Å². The number of esters is 1. The first kappa shape index (κ1) is 20.2. The molecule has 0 saturated heterocycles. The molecule has 3 rings (SSSR count). The van der Waals surface area contributed by atoms with Gasteiger partial charge in [0.2, 0.25) is 0 Å². The van der Waals surface area contributed by atoms with Gasteiger partial charge < -0.3 is 15.4 Å². The maximum atomic E-state index is 13.1. The molecule has 0 aromatic heterocycles. The van der Waals surface area contributed by atoms with Crippen LogP contribution in [0.4, 0.5) is 9.18 Å². The third-order valence-corrected chi connectivity index (χ3v) is 5.34. The molecule has 0 spiro atoms. The summed E-state index contributed by atoms with van der Waals surface area (Å²) in [6.07, 6.45) is 0. The zero-order valence-electron chi connectivity index (χ0n) is 15.0. The number of benzene rings is 2. The van der Waals surface area contributed by atoms with Crippen molar-refractivity contribution >= 4 is 35.4 Å². The Bertz CT molecular complexity index is 901. The number of thioether (sulfide) groups is 1. The van der Waals surface area contributed by atoms with Crippen LogP contribution in [-0.2, 0) is 9.53 Å². The van der Waals surface area contributed by atoms with Crippen molar-refractivity contribution in [2.45, 2.75) is 17.9 Å². The fourth-order valence-corrected chi connectivity index (χ4v) is 3.77. The van der Waals surface area contributed by atoms with Crippen LogP contribution in [0.1, 0.15) is 18.5 Å². The molecule has 0 saturated carbocycles. The molecule has 0 bridgehead atoms. The van der Waals surface area contributed by atoms with E-state index in [1.54, 1.807) is 43.3 Å². The molecule has 1 aliphatic heterocycles. The highest BCUT2D eigenvalue weighted by atomic mass is 35.5. The minimum atomic E-state index is -0.658. The average molecular weight is 421 g/mol. The van der Waals surface area contributed by atoms with Gasteiger partial charge in [-0.15, -0.1) is 11.8 Å². The van der Waals surface area contributed by atoms with Crippen molar-refractivity contribution in [3.05, 3.63) is 76.2 Å². The lowest BCUT2D eigenvalue weighted by Gasteiger charge is -2.29. The number of carbonyl (C=O) groups excluding carboxylic acids is 2. The number of carbonyl (C=O) groups is 2. The molecule has 1 atom stereocenters. The Morgan fingerprint density at radius 1 is 1.18 bits per heavy atom. The molecule has 1 aliphatic rings. The van der Waals surface area contributed by atoms with Crippen molar-refractivity contribution in [2.75, 3.05) is 12.4 Å². The fourth-order valence-electron chi connectivity index (χ4n) is 2.77. The van der Waals surface area contributed by atoms with E-state index >= 15 is 0 Å². The number of rotatable bonds is 6. The lowest BCUT2D eigenvalue weighted by molar-refractivity contribution is -0.139. The van der Waals surface area contributed by atoms with E-state index in [0.29, 0.717) is 27.6 Å². The predicted octanol–water partition coefficient (Wildman–Crippen LogP) is 4.44. The number of ether oxygens (including phenoxy) is 1. The van der Waals surface area contributed by atoms with E-state index in [4.69, 9.17) is 16.3 Å². The van der Waals surface area contributed by atoms with E-state index in [1.165, 1.54) is 23.9 Å². The monoisotopic (exact) mass is 420 g/mol. The van der Waals surface area contributed by atoms with Crippen LogP contribution in [0.25, 0.3) is 0 Å². The molecule has 0 aliphatic carbocycles.